The Morgan fingerprint density at radius 1 is 1.33 bits per heavy atom. The van der Waals surface area contributed by atoms with Gasteiger partial charge in [0.15, 0.2) is 0 Å². The van der Waals surface area contributed by atoms with Crippen LogP contribution < -0.4 is 0 Å². The quantitative estimate of drug-likeness (QED) is 0.749. The van der Waals surface area contributed by atoms with Crippen LogP contribution in [0.2, 0.25) is 0 Å². The van der Waals surface area contributed by atoms with Gasteiger partial charge in [-0.1, -0.05) is 26.8 Å². The number of aliphatic hydroxyl groups excluding tert-OH is 1. The largest absolute Gasteiger partial charge is 0.388 e. The monoisotopic (exact) mass is 204 g/mol. The number of nitrogens with one attached hydrogen (secondary N) is 1. The van der Waals surface area contributed by atoms with E-state index < -0.39 is 0 Å². The van der Waals surface area contributed by atoms with Gasteiger partial charge in [-0.05, 0) is 23.1 Å². The highest BCUT2D eigenvalue weighted by atomic mass is 16.3. The SMILES string of the molecule is CC(C)(C)c1ccc2nc(CO)[nH]c2c1. The van der Waals surface area contributed by atoms with Crippen LogP contribution in [0.4, 0.5) is 0 Å². The Hall–Kier alpha value is -1.35. The number of benzene rings is 1. The molecule has 3 heteroatoms. The number of aliphatic hydroxyl groups is 1. The van der Waals surface area contributed by atoms with E-state index in [4.69, 9.17) is 5.11 Å². The molecule has 2 rings (SSSR count). The zero-order valence-corrected chi connectivity index (χ0v) is 9.33. The molecule has 1 aromatic carbocycles. The molecule has 0 saturated carbocycles. The highest BCUT2D eigenvalue weighted by Crippen LogP contribution is 2.25. The first kappa shape index (κ1) is 10.2. The molecule has 0 aliphatic carbocycles. The van der Waals surface area contributed by atoms with Gasteiger partial charge in [0.25, 0.3) is 0 Å². The van der Waals surface area contributed by atoms with Crippen LogP contribution in [-0.4, -0.2) is 15.1 Å². The van der Waals surface area contributed by atoms with E-state index in [2.05, 4.69) is 42.9 Å². The number of hydrogen-bond acceptors (Lipinski definition) is 2. The van der Waals surface area contributed by atoms with E-state index in [1.54, 1.807) is 0 Å². The number of imidazole rings is 1. The lowest BCUT2D eigenvalue weighted by Crippen LogP contribution is -2.10. The van der Waals surface area contributed by atoms with Gasteiger partial charge in [0.05, 0.1) is 11.0 Å². The highest BCUT2D eigenvalue weighted by Gasteiger charge is 2.14. The number of H-pyrrole nitrogens is 1. The minimum absolute atomic E-state index is 0.0421. The van der Waals surface area contributed by atoms with Crippen molar-refractivity contribution in [3.8, 4) is 0 Å². The molecule has 0 atom stereocenters. The van der Waals surface area contributed by atoms with Crippen molar-refractivity contribution in [3.63, 3.8) is 0 Å². The van der Waals surface area contributed by atoms with Crippen molar-refractivity contribution < 1.29 is 5.11 Å². The third-order valence-corrected chi connectivity index (χ3v) is 2.55. The maximum Gasteiger partial charge on any atom is 0.133 e. The third kappa shape index (κ3) is 1.88. The summed E-state index contributed by atoms with van der Waals surface area (Å²) in [6, 6.07) is 6.18. The summed E-state index contributed by atoms with van der Waals surface area (Å²) in [6.45, 7) is 6.49. The molecule has 0 spiro atoms. The Bertz CT molecular complexity index is 480. The summed E-state index contributed by atoms with van der Waals surface area (Å²) in [5, 5.41) is 8.97. The Labute approximate surface area is 89.2 Å². The summed E-state index contributed by atoms with van der Waals surface area (Å²) in [5.41, 5.74) is 3.31. The first-order valence-electron chi connectivity index (χ1n) is 5.11. The van der Waals surface area contributed by atoms with Gasteiger partial charge in [0.2, 0.25) is 0 Å². The van der Waals surface area contributed by atoms with Crippen LogP contribution in [0, 0.1) is 0 Å². The molecule has 0 fully saturated rings. The molecule has 0 aliphatic rings. The predicted molar refractivity (Wildman–Crippen MR) is 60.7 cm³/mol. The fourth-order valence-corrected chi connectivity index (χ4v) is 1.60. The molecule has 0 bridgehead atoms. The van der Waals surface area contributed by atoms with Gasteiger partial charge in [-0.15, -0.1) is 0 Å². The fraction of sp³-hybridized carbons (Fsp3) is 0.417. The molecule has 0 saturated heterocycles. The van der Waals surface area contributed by atoms with E-state index in [0.29, 0.717) is 5.82 Å². The average molecular weight is 204 g/mol. The molecule has 0 radical (unpaired) electrons. The second-order valence-corrected chi connectivity index (χ2v) is 4.82. The van der Waals surface area contributed by atoms with Crippen molar-refractivity contribution in [2.75, 3.05) is 0 Å². The number of rotatable bonds is 1. The minimum atomic E-state index is -0.0421. The molecule has 2 aromatic rings. The van der Waals surface area contributed by atoms with Gasteiger partial charge >= 0.3 is 0 Å². The summed E-state index contributed by atoms with van der Waals surface area (Å²) in [5.74, 6) is 0.621. The van der Waals surface area contributed by atoms with Gasteiger partial charge in [-0.3, -0.25) is 0 Å². The molecule has 3 nitrogen and oxygen atoms in total. The molecule has 0 unspecified atom stereocenters. The molecule has 0 amide bonds. The molecule has 15 heavy (non-hydrogen) atoms. The van der Waals surface area contributed by atoms with Crippen molar-refractivity contribution >= 4 is 11.0 Å². The highest BCUT2D eigenvalue weighted by molar-refractivity contribution is 5.76. The summed E-state index contributed by atoms with van der Waals surface area (Å²) in [7, 11) is 0. The number of aromatic nitrogens is 2. The van der Waals surface area contributed by atoms with Gasteiger partial charge in [-0.25, -0.2) is 4.98 Å². The average Bonchev–Trinajstić information content (AvgIpc) is 2.57. The lowest BCUT2D eigenvalue weighted by atomic mass is 9.87. The Morgan fingerprint density at radius 3 is 2.67 bits per heavy atom. The van der Waals surface area contributed by atoms with Crippen LogP contribution in [0.3, 0.4) is 0 Å². The topological polar surface area (TPSA) is 48.9 Å². The fourth-order valence-electron chi connectivity index (χ4n) is 1.60. The van der Waals surface area contributed by atoms with E-state index in [-0.39, 0.29) is 12.0 Å². The second-order valence-electron chi connectivity index (χ2n) is 4.82. The molecular formula is C12H16N2O. The van der Waals surface area contributed by atoms with Crippen molar-refractivity contribution in [1.29, 1.82) is 0 Å². The smallest absolute Gasteiger partial charge is 0.133 e. The molecule has 1 heterocycles. The summed E-state index contributed by atoms with van der Waals surface area (Å²) < 4.78 is 0. The van der Waals surface area contributed by atoms with Crippen molar-refractivity contribution in [2.24, 2.45) is 0 Å². The van der Waals surface area contributed by atoms with Crippen LogP contribution >= 0.6 is 0 Å². The van der Waals surface area contributed by atoms with E-state index in [1.807, 2.05) is 6.07 Å². The zero-order chi connectivity index (χ0) is 11.1. The molecule has 2 N–H and O–H groups in total. The second kappa shape index (κ2) is 3.35. The Balaban J connectivity index is 2.55. The Kier molecular flexibility index (Phi) is 2.27. The van der Waals surface area contributed by atoms with E-state index in [9.17, 15) is 0 Å². The van der Waals surface area contributed by atoms with Crippen molar-refractivity contribution in [2.45, 2.75) is 32.8 Å². The number of aromatic amines is 1. The molecule has 0 aliphatic heterocycles. The standard InChI is InChI=1S/C12H16N2O/c1-12(2,3)8-4-5-9-10(6-8)14-11(7-15)13-9/h4-6,15H,7H2,1-3H3,(H,13,14). The lowest BCUT2D eigenvalue weighted by Gasteiger charge is -2.18. The Morgan fingerprint density at radius 2 is 2.07 bits per heavy atom. The molecule has 1 aromatic heterocycles. The van der Waals surface area contributed by atoms with Crippen molar-refractivity contribution in [1.82, 2.24) is 9.97 Å². The normalized spacial score (nSPS) is 12.3. The number of hydrogen-bond donors (Lipinski definition) is 2. The van der Waals surface area contributed by atoms with Crippen molar-refractivity contribution in [3.05, 3.63) is 29.6 Å². The van der Waals surface area contributed by atoms with Crippen LogP contribution in [-0.2, 0) is 12.0 Å². The van der Waals surface area contributed by atoms with Crippen LogP contribution in [0.25, 0.3) is 11.0 Å². The maximum absolute atomic E-state index is 8.97. The minimum Gasteiger partial charge on any atom is -0.388 e. The van der Waals surface area contributed by atoms with E-state index in [1.165, 1.54) is 5.56 Å². The number of nitrogens with zero attached hydrogens (tertiary/aromatic N) is 1. The number of fused-ring (bicyclic) bond motifs is 1. The predicted octanol–water partition coefficient (Wildman–Crippen LogP) is 2.35. The summed E-state index contributed by atoms with van der Waals surface area (Å²) in [6.07, 6.45) is 0. The first-order chi connectivity index (χ1) is 7.00. The van der Waals surface area contributed by atoms with E-state index in [0.717, 1.165) is 11.0 Å². The zero-order valence-electron chi connectivity index (χ0n) is 9.33. The lowest BCUT2D eigenvalue weighted by molar-refractivity contribution is 0.273. The van der Waals surface area contributed by atoms with Gasteiger partial charge in [-0.2, -0.15) is 0 Å². The molecular weight excluding hydrogens is 188 g/mol. The van der Waals surface area contributed by atoms with Crippen LogP contribution in [0.5, 0.6) is 0 Å². The van der Waals surface area contributed by atoms with Crippen LogP contribution in [0.1, 0.15) is 32.2 Å². The van der Waals surface area contributed by atoms with Gasteiger partial charge in [0, 0.05) is 0 Å². The summed E-state index contributed by atoms with van der Waals surface area (Å²) >= 11 is 0. The first-order valence-corrected chi connectivity index (χ1v) is 5.11. The van der Waals surface area contributed by atoms with Crippen LogP contribution in [0.15, 0.2) is 18.2 Å². The summed E-state index contributed by atoms with van der Waals surface area (Å²) in [4.78, 5) is 7.35. The van der Waals surface area contributed by atoms with Gasteiger partial charge < -0.3 is 10.1 Å². The molecule has 80 valence electrons. The maximum atomic E-state index is 8.97. The van der Waals surface area contributed by atoms with E-state index >= 15 is 0 Å². The third-order valence-electron chi connectivity index (χ3n) is 2.55. The van der Waals surface area contributed by atoms with Gasteiger partial charge in [0.1, 0.15) is 12.4 Å².